The molecule has 0 radical (unpaired) electrons. The smallest absolute Gasteiger partial charge is 0.136 e. The molecule has 14 rings (SSSR count). The van der Waals surface area contributed by atoms with E-state index in [1.165, 1.54) is 88.0 Å². The Kier molecular flexibility index (Phi) is 6.93. The second-order valence-corrected chi connectivity index (χ2v) is 18.0. The Bertz CT molecular complexity index is 4060. The number of hydrogen-bond acceptors (Lipinski definition) is 2. The first-order valence-corrected chi connectivity index (χ1v) is 21.9. The van der Waals surface area contributed by atoms with Crippen LogP contribution in [-0.2, 0) is 5.41 Å². The van der Waals surface area contributed by atoms with Crippen LogP contribution >= 0.6 is 0 Å². The van der Waals surface area contributed by atoms with Gasteiger partial charge in [0.1, 0.15) is 22.3 Å². The summed E-state index contributed by atoms with van der Waals surface area (Å²) in [6.07, 6.45) is 0. The van der Waals surface area contributed by atoms with E-state index in [-0.39, 0.29) is 5.41 Å². The van der Waals surface area contributed by atoms with Gasteiger partial charge in [-0.05, 0) is 153 Å². The van der Waals surface area contributed by atoms with Crippen LogP contribution in [0.15, 0.2) is 203 Å². The maximum atomic E-state index is 6.51. The van der Waals surface area contributed by atoms with E-state index in [4.69, 9.17) is 8.83 Å². The van der Waals surface area contributed by atoms with Crippen molar-refractivity contribution in [1.29, 1.82) is 0 Å². The van der Waals surface area contributed by atoms with E-state index in [0.29, 0.717) is 0 Å². The van der Waals surface area contributed by atoms with Crippen LogP contribution < -0.4 is 0 Å². The average Bonchev–Trinajstić information content (AvgIpc) is 3.94. The van der Waals surface area contributed by atoms with Gasteiger partial charge in [-0.2, -0.15) is 0 Å². The highest BCUT2D eigenvalue weighted by Gasteiger charge is 2.36. The van der Waals surface area contributed by atoms with E-state index in [2.05, 4.69) is 196 Å². The van der Waals surface area contributed by atoms with Crippen LogP contribution in [-0.4, -0.2) is 0 Å². The molecule has 0 saturated heterocycles. The van der Waals surface area contributed by atoms with Gasteiger partial charge in [0.25, 0.3) is 0 Å². The number of fused-ring (bicyclic) bond motifs is 13. The van der Waals surface area contributed by atoms with Gasteiger partial charge in [-0.1, -0.05) is 153 Å². The average molecular weight is 803 g/mol. The van der Waals surface area contributed by atoms with Crippen molar-refractivity contribution >= 4 is 87.0 Å². The summed E-state index contributed by atoms with van der Waals surface area (Å²) in [6.45, 7) is 4.78. The maximum Gasteiger partial charge on any atom is 0.136 e. The molecule has 0 saturated carbocycles. The molecule has 2 heterocycles. The van der Waals surface area contributed by atoms with Gasteiger partial charge >= 0.3 is 0 Å². The van der Waals surface area contributed by atoms with Crippen LogP contribution in [0.3, 0.4) is 0 Å². The van der Waals surface area contributed by atoms with Crippen molar-refractivity contribution in [2.24, 2.45) is 0 Å². The molecule has 0 aliphatic heterocycles. The molecule has 0 N–H and O–H groups in total. The topological polar surface area (TPSA) is 26.3 Å². The van der Waals surface area contributed by atoms with Gasteiger partial charge in [0.15, 0.2) is 0 Å². The fourth-order valence-electron chi connectivity index (χ4n) is 11.2. The van der Waals surface area contributed by atoms with Crippen LogP contribution in [0, 0.1) is 0 Å². The monoisotopic (exact) mass is 802 g/mol. The van der Waals surface area contributed by atoms with Gasteiger partial charge in [-0.3, -0.25) is 0 Å². The maximum absolute atomic E-state index is 6.51. The standard InChI is InChI=1S/C61H38O2/c1-61(2)53-31-37(36-24-27-56-51(28-36)52-30-40-33-57-50(29-39(40)34-58(52)63-56)44-15-9-10-21-55(44)62-57)22-25-42(53)43-26-23-38(32-54(43)61)59-46-16-5-7-18-48(46)60(49-19-8-6-17-47(49)59)45-20-11-13-35-12-3-4-14-41(35)45/h3-34H,1-2H3. The molecule has 0 bridgehead atoms. The molecule has 63 heavy (non-hydrogen) atoms. The zero-order valence-corrected chi connectivity index (χ0v) is 34.8. The normalized spacial score (nSPS) is 13.4. The number of furan rings is 2. The molecule has 0 spiro atoms. The molecule has 0 amide bonds. The largest absolute Gasteiger partial charge is 0.456 e. The van der Waals surface area contributed by atoms with E-state index in [9.17, 15) is 0 Å². The lowest BCUT2D eigenvalue weighted by molar-refractivity contribution is 0.661. The Morgan fingerprint density at radius 2 is 0.762 bits per heavy atom. The van der Waals surface area contributed by atoms with Crippen LogP contribution in [0.25, 0.3) is 131 Å². The predicted octanol–water partition coefficient (Wildman–Crippen LogP) is 17.4. The highest BCUT2D eigenvalue weighted by Crippen LogP contribution is 2.53. The molecule has 2 nitrogen and oxygen atoms in total. The highest BCUT2D eigenvalue weighted by atomic mass is 16.3. The van der Waals surface area contributed by atoms with Crippen LogP contribution in [0.1, 0.15) is 25.0 Å². The van der Waals surface area contributed by atoms with E-state index in [1.54, 1.807) is 0 Å². The van der Waals surface area contributed by atoms with Crippen molar-refractivity contribution in [2.45, 2.75) is 19.3 Å². The third-order valence-corrected chi connectivity index (χ3v) is 14.2. The summed E-state index contributed by atoms with van der Waals surface area (Å²) in [5.41, 5.74) is 16.2. The summed E-state index contributed by atoms with van der Waals surface area (Å²) in [5, 5.41) is 14.4. The first-order chi connectivity index (χ1) is 31.0. The van der Waals surface area contributed by atoms with Crippen molar-refractivity contribution in [2.75, 3.05) is 0 Å². The van der Waals surface area contributed by atoms with Crippen LogP contribution in [0.4, 0.5) is 0 Å². The fourth-order valence-corrected chi connectivity index (χ4v) is 11.2. The Hall–Kier alpha value is -7.94. The van der Waals surface area contributed by atoms with Crippen LogP contribution in [0.5, 0.6) is 0 Å². The second-order valence-electron chi connectivity index (χ2n) is 18.0. The molecule has 0 unspecified atom stereocenters. The zero-order chi connectivity index (χ0) is 41.6. The Morgan fingerprint density at radius 1 is 0.286 bits per heavy atom. The molecular formula is C61H38O2. The third kappa shape index (κ3) is 4.89. The van der Waals surface area contributed by atoms with Gasteiger partial charge < -0.3 is 8.83 Å². The molecule has 1 aliphatic carbocycles. The van der Waals surface area contributed by atoms with E-state index < -0.39 is 0 Å². The Morgan fingerprint density at radius 3 is 1.44 bits per heavy atom. The summed E-state index contributed by atoms with van der Waals surface area (Å²) in [5.74, 6) is 0. The summed E-state index contributed by atoms with van der Waals surface area (Å²) < 4.78 is 12.8. The molecular weight excluding hydrogens is 765 g/mol. The van der Waals surface area contributed by atoms with Crippen molar-refractivity contribution in [3.63, 3.8) is 0 Å². The number of para-hydroxylation sites is 1. The van der Waals surface area contributed by atoms with E-state index >= 15 is 0 Å². The van der Waals surface area contributed by atoms with Gasteiger partial charge in [0.2, 0.25) is 0 Å². The number of benzene rings is 11. The van der Waals surface area contributed by atoms with E-state index in [0.717, 1.165) is 54.6 Å². The van der Waals surface area contributed by atoms with Crippen molar-refractivity contribution in [3.05, 3.63) is 205 Å². The predicted molar refractivity (Wildman–Crippen MR) is 265 cm³/mol. The zero-order valence-electron chi connectivity index (χ0n) is 34.8. The molecule has 0 atom stereocenters. The first kappa shape index (κ1) is 34.7. The van der Waals surface area contributed by atoms with E-state index in [1.807, 2.05) is 12.1 Å². The molecule has 1 aliphatic rings. The minimum absolute atomic E-state index is 0.210. The molecule has 0 fully saturated rings. The quantitative estimate of drug-likeness (QED) is 0.166. The van der Waals surface area contributed by atoms with Crippen molar-refractivity contribution < 1.29 is 8.83 Å². The summed E-state index contributed by atoms with van der Waals surface area (Å²) in [7, 11) is 0. The lowest BCUT2D eigenvalue weighted by Gasteiger charge is -2.23. The highest BCUT2D eigenvalue weighted by molar-refractivity contribution is 6.24. The summed E-state index contributed by atoms with van der Waals surface area (Å²) in [4.78, 5) is 0. The first-order valence-electron chi connectivity index (χ1n) is 21.9. The molecule has 2 heteroatoms. The van der Waals surface area contributed by atoms with Gasteiger partial charge in [0.05, 0.1) is 0 Å². The Balaban J connectivity index is 0.882. The minimum atomic E-state index is -0.210. The number of rotatable bonds is 3. The summed E-state index contributed by atoms with van der Waals surface area (Å²) >= 11 is 0. The molecule has 11 aromatic carbocycles. The lowest BCUT2D eigenvalue weighted by Crippen LogP contribution is -2.15. The van der Waals surface area contributed by atoms with Gasteiger partial charge in [-0.25, -0.2) is 0 Å². The van der Waals surface area contributed by atoms with Gasteiger partial charge in [0, 0.05) is 27.0 Å². The van der Waals surface area contributed by atoms with Gasteiger partial charge in [-0.15, -0.1) is 0 Å². The van der Waals surface area contributed by atoms with Crippen molar-refractivity contribution in [1.82, 2.24) is 0 Å². The SMILES string of the molecule is CC1(C)c2cc(-c3ccc4oc5cc6cc7c(cc6cc5c4c3)oc3ccccc37)ccc2-c2ccc(-c3c4ccccc4c(-c4cccc5ccccc45)c4ccccc34)cc21. The minimum Gasteiger partial charge on any atom is -0.456 e. The number of hydrogen-bond donors (Lipinski definition) is 0. The second kappa shape index (κ2) is 12.6. The third-order valence-electron chi connectivity index (χ3n) is 14.2. The van der Waals surface area contributed by atoms with Crippen molar-refractivity contribution in [3.8, 4) is 44.5 Å². The van der Waals surface area contributed by atoms with Crippen LogP contribution in [0.2, 0.25) is 0 Å². The Labute approximate surface area is 363 Å². The fraction of sp³-hybridized carbons (Fsp3) is 0.0492. The molecule has 294 valence electrons. The summed E-state index contributed by atoms with van der Waals surface area (Å²) in [6, 6.07) is 71.4. The lowest BCUT2D eigenvalue weighted by atomic mass is 9.80. The molecule has 13 aromatic rings. The molecule has 2 aromatic heterocycles.